The van der Waals surface area contributed by atoms with Gasteiger partial charge in [0.05, 0.1) is 11.7 Å². The highest BCUT2D eigenvalue weighted by Gasteiger charge is 2.18. The molecule has 2 aromatic rings. The summed E-state index contributed by atoms with van der Waals surface area (Å²) in [7, 11) is 0. The molecule has 3 rings (SSSR count). The van der Waals surface area contributed by atoms with Crippen LogP contribution < -0.4 is 5.32 Å². The van der Waals surface area contributed by atoms with Crippen molar-refractivity contribution < 1.29 is 18.3 Å². The molecular weight excluding hydrogens is 312 g/mol. The lowest BCUT2D eigenvalue weighted by Crippen LogP contribution is -2.39. The van der Waals surface area contributed by atoms with E-state index in [9.17, 15) is 13.6 Å². The van der Waals surface area contributed by atoms with Gasteiger partial charge in [-0.25, -0.2) is 8.78 Å². The SMILES string of the molecule is O=C(NCC1CCO1)c1ccc(C#Cc2ccc(F)cc2F)cc1. The Morgan fingerprint density at radius 1 is 1.17 bits per heavy atom. The number of hydrogen-bond donors (Lipinski definition) is 1. The Morgan fingerprint density at radius 2 is 1.92 bits per heavy atom. The molecule has 1 fully saturated rings. The van der Waals surface area contributed by atoms with Crippen LogP contribution in [0.25, 0.3) is 0 Å². The molecule has 1 unspecified atom stereocenters. The Morgan fingerprint density at radius 3 is 2.54 bits per heavy atom. The number of nitrogens with one attached hydrogen (secondary N) is 1. The minimum Gasteiger partial charge on any atom is -0.376 e. The van der Waals surface area contributed by atoms with E-state index in [0.29, 0.717) is 17.7 Å². The predicted octanol–water partition coefficient (Wildman–Crippen LogP) is 2.88. The van der Waals surface area contributed by atoms with Crippen molar-refractivity contribution in [3.63, 3.8) is 0 Å². The van der Waals surface area contributed by atoms with E-state index in [1.165, 1.54) is 6.07 Å². The Bertz CT molecular complexity index is 802. The van der Waals surface area contributed by atoms with E-state index in [4.69, 9.17) is 4.74 Å². The van der Waals surface area contributed by atoms with Gasteiger partial charge in [-0.05, 0) is 42.8 Å². The Balaban J connectivity index is 1.64. The summed E-state index contributed by atoms with van der Waals surface area (Å²) in [6.07, 6.45) is 1.08. The number of amides is 1. The summed E-state index contributed by atoms with van der Waals surface area (Å²) in [5.41, 5.74) is 1.28. The van der Waals surface area contributed by atoms with E-state index in [2.05, 4.69) is 17.2 Å². The van der Waals surface area contributed by atoms with Crippen LogP contribution in [0.2, 0.25) is 0 Å². The fraction of sp³-hybridized carbons (Fsp3) is 0.211. The minimum atomic E-state index is -0.697. The molecule has 1 aliphatic rings. The van der Waals surface area contributed by atoms with E-state index in [0.717, 1.165) is 25.2 Å². The highest BCUT2D eigenvalue weighted by Crippen LogP contribution is 2.11. The van der Waals surface area contributed by atoms with Gasteiger partial charge >= 0.3 is 0 Å². The zero-order chi connectivity index (χ0) is 16.9. The van der Waals surface area contributed by atoms with Crippen LogP contribution in [-0.4, -0.2) is 25.2 Å². The topological polar surface area (TPSA) is 38.3 Å². The summed E-state index contributed by atoms with van der Waals surface area (Å²) in [5, 5.41) is 2.81. The van der Waals surface area contributed by atoms with Crippen molar-refractivity contribution in [1.29, 1.82) is 0 Å². The smallest absolute Gasteiger partial charge is 0.251 e. The Hall–Kier alpha value is -2.71. The average molecular weight is 327 g/mol. The molecule has 0 bridgehead atoms. The summed E-state index contributed by atoms with van der Waals surface area (Å²) < 4.78 is 31.6. The van der Waals surface area contributed by atoms with E-state index in [1.807, 2.05) is 0 Å². The van der Waals surface area contributed by atoms with Crippen molar-refractivity contribution in [1.82, 2.24) is 5.32 Å². The third-order valence-corrected chi connectivity index (χ3v) is 3.70. The fourth-order valence-corrected chi connectivity index (χ4v) is 2.19. The second-order valence-electron chi connectivity index (χ2n) is 5.44. The molecule has 1 heterocycles. The summed E-state index contributed by atoms with van der Waals surface area (Å²) in [4.78, 5) is 12.0. The molecule has 0 spiro atoms. The maximum atomic E-state index is 13.5. The lowest BCUT2D eigenvalue weighted by molar-refractivity contribution is -0.0472. The molecular formula is C19H15F2NO2. The zero-order valence-electron chi connectivity index (χ0n) is 12.8. The molecule has 0 radical (unpaired) electrons. The molecule has 122 valence electrons. The fourth-order valence-electron chi connectivity index (χ4n) is 2.19. The van der Waals surface area contributed by atoms with Crippen LogP contribution in [0.15, 0.2) is 42.5 Å². The molecule has 1 N–H and O–H groups in total. The second kappa shape index (κ2) is 7.24. The molecule has 1 atom stereocenters. The van der Waals surface area contributed by atoms with E-state index in [1.54, 1.807) is 24.3 Å². The molecule has 1 saturated heterocycles. The largest absolute Gasteiger partial charge is 0.376 e. The monoisotopic (exact) mass is 327 g/mol. The maximum absolute atomic E-state index is 13.5. The molecule has 24 heavy (non-hydrogen) atoms. The van der Waals surface area contributed by atoms with Crippen molar-refractivity contribution in [2.75, 3.05) is 13.2 Å². The van der Waals surface area contributed by atoms with Crippen LogP contribution in [0, 0.1) is 23.5 Å². The van der Waals surface area contributed by atoms with Crippen molar-refractivity contribution in [2.45, 2.75) is 12.5 Å². The highest BCUT2D eigenvalue weighted by atomic mass is 19.1. The first-order chi connectivity index (χ1) is 11.6. The number of ether oxygens (including phenoxy) is 1. The first-order valence-electron chi connectivity index (χ1n) is 7.59. The van der Waals surface area contributed by atoms with E-state index in [-0.39, 0.29) is 17.6 Å². The van der Waals surface area contributed by atoms with Gasteiger partial charge in [0.25, 0.3) is 5.91 Å². The van der Waals surface area contributed by atoms with Crippen molar-refractivity contribution in [3.8, 4) is 11.8 Å². The third-order valence-electron chi connectivity index (χ3n) is 3.70. The van der Waals surface area contributed by atoms with Crippen molar-refractivity contribution >= 4 is 5.91 Å². The van der Waals surface area contributed by atoms with Gasteiger partial charge in [-0.15, -0.1) is 0 Å². The third kappa shape index (κ3) is 3.98. The van der Waals surface area contributed by atoms with E-state index < -0.39 is 11.6 Å². The summed E-state index contributed by atoms with van der Waals surface area (Å²) >= 11 is 0. The molecule has 3 nitrogen and oxygen atoms in total. The van der Waals surface area contributed by atoms with Crippen LogP contribution in [-0.2, 0) is 4.74 Å². The number of halogens is 2. The quantitative estimate of drug-likeness (QED) is 0.881. The normalized spacial score (nSPS) is 15.8. The van der Waals surface area contributed by atoms with E-state index >= 15 is 0 Å². The van der Waals surface area contributed by atoms with Gasteiger partial charge < -0.3 is 10.1 Å². The predicted molar refractivity (Wildman–Crippen MR) is 85.5 cm³/mol. The Labute approximate surface area is 138 Å². The van der Waals surface area contributed by atoms with Gasteiger partial charge in [-0.3, -0.25) is 4.79 Å². The van der Waals surface area contributed by atoms with Gasteiger partial charge in [-0.1, -0.05) is 11.8 Å². The maximum Gasteiger partial charge on any atom is 0.251 e. The van der Waals surface area contributed by atoms with Crippen molar-refractivity contribution in [3.05, 3.63) is 70.8 Å². The van der Waals surface area contributed by atoms with Gasteiger partial charge in [0.2, 0.25) is 0 Å². The molecule has 2 aromatic carbocycles. The number of carbonyl (C=O) groups is 1. The number of hydrogen-bond acceptors (Lipinski definition) is 2. The summed E-state index contributed by atoms with van der Waals surface area (Å²) in [5.74, 6) is 3.94. The summed E-state index contributed by atoms with van der Waals surface area (Å²) in [6.45, 7) is 1.26. The molecule has 1 amide bonds. The van der Waals surface area contributed by atoms with Crippen LogP contribution in [0.3, 0.4) is 0 Å². The zero-order valence-corrected chi connectivity index (χ0v) is 12.8. The Kier molecular flexibility index (Phi) is 4.88. The van der Waals surface area contributed by atoms with Crippen LogP contribution in [0.4, 0.5) is 8.78 Å². The first-order valence-corrected chi connectivity index (χ1v) is 7.59. The van der Waals surface area contributed by atoms with Crippen LogP contribution in [0.1, 0.15) is 27.9 Å². The second-order valence-corrected chi connectivity index (χ2v) is 5.44. The van der Waals surface area contributed by atoms with Gasteiger partial charge in [-0.2, -0.15) is 0 Å². The van der Waals surface area contributed by atoms with Crippen LogP contribution >= 0.6 is 0 Å². The molecule has 5 heteroatoms. The highest BCUT2D eigenvalue weighted by molar-refractivity contribution is 5.94. The molecule has 0 aromatic heterocycles. The average Bonchev–Trinajstić information content (AvgIpc) is 2.53. The van der Waals surface area contributed by atoms with Gasteiger partial charge in [0.15, 0.2) is 0 Å². The number of benzene rings is 2. The number of rotatable bonds is 3. The lowest BCUT2D eigenvalue weighted by atomic mass is 10.1. The summed E-state index contributed by atoms with van der Waals surface area (Å²) in [6, 6.07) is 9.92. The van der Waals surface area contributed by atoms with Crippen LogP contribution in [0.5, 0.6) is 0 Å². The van der Waals surface area contributed by atoms with Crippen molar-refractivity contribution in [2.24, 2.45) is 0 Å². The van der Waals surface area contributed by atoms with Gasteiger partial charge in [0.1, 0.15) is 11.6 Å². The first kappa shape index (κ1) is 16.2. The molecule has 1 aliphatic heterocycles. The minimum absolute atomic E-state index is 0.115. The number of carbonyl (C=O) groups excluding carboxylic acids is 1. The molecule has 0 aliphatic carbocycles. The standard InChI is InChI=1S/C19H15F2NO2/c20-16-8-7-14(18(21)11-16)4-1-13-2-5-15(6-3-13)19(23)22-12-17-9-10-24-17/h2-3,5-8,11,17H,9-10,12H2,(H,22,23). The lowest BCUT2D eigenvalue weighted by Gasteiger charge is -2.26. The molecule has 0 saturated carbocycles. The van der Waals surface area contributed by atoms with Gasteiger partial charge in [0, 0.05) is 30.3 Å².